The maximum Gasteiger partial charge on any atom is 0.239 e. The Morgan fingerprint density at radius 1 is 1.12 bits per heavy atom. The normalized spacial score (nSPS) is 32.8. The molecule has 2 aliphatic heterocycles. The van der Waals surface area contributed by atoms with Gasteiger partial charge >= 0.3 is 0 Å². The molecule has 3 nitrogen and oxygen atoms in total. The Hall–Kier alpha value is -0.570. The fourth-order valence-electron chi connectivity index (χ4n) is 2.99. The zero-order chi connectivity index (χ0) is 11.5. The monoisotopic (exact) mass is 224 g/mol. The van der Waals surface area contributed by atoms with Crippen molar-refractivity contribution in [1.29, 1.82) is 0 Å². The first-order chi connectivity index (χ1) is 7.68. The quantitative estimate of drug-likeness (QED) is 0.677. The van der Waals surface area contributed by atoms with Gasteiger partial charge in [-0.05, 0) is 45.2 Å². The molecule has 2 fully saturated rings. The lowest BCUT2D eigenvalue weighted by molar-refractivity contribution is -0.139. The molecule has 1 amide bonds. The molecular formula is C13H24N2O. The molecule has 2 rings (SSSR count). The molecule has 0 aromatic rings. The van der Waals surface area contributed by atoms with Crippen molar-refractivity contribution in [2.24, 2.45) is 5.92 Å². The van der Waals surface area contributed by atoms with Gasteiger partial charge in [0.15, 0.2) is 0 Å². The third-order valence-electron chi connectivity index (χ3n) is 4.02. The molecule has 2 saturated heterocycles. The number of likely N-dealkylation sites (tertiary alicyclic amines) is 2. The fraction of sp³-hybridized carbons (Fsp3) is 0.923. The van der Waals surface area contributed by atoms with Crippen LogP contribution in [-0.4, -0.2) is 48.4 Å². The lowest BCUT2D eigenvalue weighted by Gasteiger charge is -2.38. The molecule has 3 heteroatoms. The standard InChI is InChI=1S/C13H24N2O/c1-11-6-5-9-15(10-11)13(16)12-7-3-4-8-14(12)2/h11-12H,3-10H2,1-2H3. The molecule has 0 saturated carbocycles. The van der Waals surface area contributed by atoms with E-state index in [2.05, 4.69) is 23.8 Å². The van der Waals surface area contributed by atoms with Gasteiger partial charge < -0.3 is 4.90 Å². The van der Waals surface area contributed by atoms with Crippen molar-refractivity contribution in [2.45, 2.75) is 45.1 Å². The van der Waals surface area contributed by atoms with Crippen LogP contribution in [0.4, 0.5) is 0 Å². The van der Waals surface area contributed by atoms with E-state index in [1.165, 1.54) is 25.7 Å². The summed E-state index contributed by atoms with van der Waals surface area (Å²) >= 11 is 0. The molecule has 0 aromatic heterocycles. The first-order valence-electron chi connectivity index (χ1n) is 6.67. The van der Waals surface area contributed by atoms with Crippen molar-refractivity contribution in [1.82, 2.24) is 9.80 Å². The molecule has 2 aliphatic rings. The topological polar surface area (TPSA) is 23.6 Å². The van der Waals surface area contributed by atoms with E-state index >= 15 is 0 Å². The second-order valence-electron chi connectivity index (χ2n) is 5.52. The maximum atomic E-state index is 12.4. The molecule has 2 unspecified atom stereocenters. The van der Waals surface area contributed by atoms with Gasteiger partial charge in [-0.15, -0.1) is 0 Å². The molecular weight excluding hydrogens is 200 g/mol. The zero-order valence-corrected chi connectivity index (χ0v) is 10.6. The average Bonchev–Trinajstić information content (AvgIpc) is 2.29. The van der Waals surface area contributed by atoms with Gasteiger partial charge in [0.2, 0.25) is 5.91 Å². The number of carbonyl (C=O) groups is 1. The SMILES string of the molecule is CC1CCCN(C(=O)C2CCCCN2C)C1. The van der Waals surface area contributed by atoms with Gasteiger partial charge in [0.05, 0.1) is 6.04 Å². The van der Waals surface area contributed by atoms with Gasteiger partial charge in [-0.3, -0.25) is 9.69 Å². The van der Waals surface area contributed by atoms with Gasteiger partial charge in [0.1, 0.15) is 0 Å². The number of amides is 1. The highest BCUT2D eigenvalue weighted by Crippen LogP contribution is 2.21. The highest BCUT2D eigenvalue weighted by atomic mass is 16.2. The average molecular weight is 224 g/mol. The summed E-state index contributed by atoms with van der Waals surface area (Å²) in [4.78, 5) is 16.7. The Bertz CT molecular complexity index is 254. The number of nitrogens with zero attached hydrogens (tertiary/aromatic N) is 2. The summed E-state index contributed by atoms with van der Waals surface area (Å²) in [6.45, 7) is 5.29. The van der Waals surface area contributed by atoms with E-state index in [4.69, 9.17) is 0 Å². The Morgan fingerprint density at radius 3 is 2.62 bits per heavy atom. The van der Waals surface area contributed by atoms with Crippen molar-refractivity contribution >= 4 is 5.91 Å². The van der Waals surface area contributed by atoms with Crippen LogP contribution >= 0.6 is 0 Å². The minimum atomic E-state index is 0.166. The molecule has 0 spiro atoms. The van der Waals surface area contributed by atoms with Gasteiger partial charge in [0.25, 0.3) is 0 Å². The van der Waals surface area contributed by atoms with Crippen LogP contribution in [0.1, 0.15) is 39.0 Å². The van der Waals surface area contributed by atoms with Crippen molar-refractivity contribution in [3.05, 3.63) is 0 Å². The van der Waals surface area contributed by atoms with Crippen LogP contribution < -0.4 is 0 Å². The lowest BCUT2D eigenvalue weighted by atomic mass is 9.97. The third kappa shape index (κ3) is 2.57. The van der Waals surface area contributed by atoms with Crippen molar-refractivity contribution in [3.8, 4) is 0 Å². The summed E-state index contributed by atoms with van der Waals surface area (Å²) in [6, 6.07) is 0.166. The smallest absolute Gasteiger partial charge is 0.239 e. The highest BCUT2D eigenvalue weighted by molar-refractivity contribution is 5.82. The maximum absolute atomic E-state index is 12.4. The minimum Gasteiger partial charge on any atom is -0.341 e. The van der Waals surface area contributed by atoms with Crippen molar-refractivity contribution < 1.29 is 4.79 Å². The Balaban J connectivity index is 1.94. The largest absolute Gasteiger partial charge is 0.341 e. The number of hydrogen-bond donors (Lipinski definition) is 0. The Morgan fingerprint density at radius 2 is 1.94 bits per heavy atom. The predicted octanol–water partition coefficient (Wildman–Crippen LogP) is 1.73. The molecule has 92 valence electrons. The van der Waals surface area contributed by atoms with E-state index in [0.717, 1.165) is 26.1 Å². The minimum absolute atomic E-state index is 0.166. The second kappa shape index (κ2) is 5.17. The van der Waals surface area contributed by atoms with Crippen LogP contribution in [-0.2, 0) is 4.79 Å². The second-order valence-corrected chi connectivity index (χ2v) is 5.52. The van der Waals surface area contributed by atoms with Crippen LogP contribution in [0.3, 0.4) is 0 Å². The van der Waals surface area contributed by atoms with Crippen LogP contribution in [0, 0.1) is 5.92 Å². The van der Waals surface area contributed by atoms with E-state index in [0.29, 0.717) is 11.8 Å². The summed E-state index contributed by atoms with van der Waals surface area (Å²) < 4.78 is 0. The molecule has 0 aromatic carbocycles. The third-order valence-corrected chi connectivity index (χ3v) is 4.02. The van der Waals surface area contributed by atoms with Crippen LogP contribution in [0.15, 0.2) is 0 Å². The molecule has 16 heavy (non-hydrogen) atoms. The number of rotatable bonds is 1. The van der Waals surface area contributed by atoms with E-state index in [1.807, 2.05) is 0 Å². The van der Waals surface area contributed by atoms with Gasteiger partial charge in [-0.1, -0.05) is 13.3 Å². The summed E-state index contributed by atoms with van der Waals surface area (Å²) in [5.41, 5.74) is 0. The molecule has 2 heterocycles. The number of carbonyl (C=O) groups excluding carboxylic acids is 1. The van der Waals surface area contributed by atoms with Gasteiger partial charge in [-0.2, -0.15) is 0 Å². The van der Waals surface area contributed by atoms with E-state index in [-0.39, 0.29) is 6.04 Å². The lowest BCUT2D eigenvalue weighted by Crippen LogP contribution is -2.51. The zero-order valence-electron chi connectivity index (χ0n) is 10.6. The van der Waals surface area contributed by atoms with E-state index in [9.17, 15) is 4.79 Å². The van der Waals surface area contributed by atoms with Crippen LogP contribution in [0.25, 0.3) is 0 Å². The number of likely N-dealkylation sites (N-methyl/N-ethyl adjacent to an activating group) is 1. The Labute approximate surface area is 98.8 Å². The highest BCUT2D eigenvalue weighted by Gasteiger charge is 2.31. The predicted molar refractivity (Wildman–Crippen MR) is 65.2 cm³/mol. The van der Waals surface area contributed by atoms with Gasteiger partial charge in [-0.25, -0.2) is 0 Å². The van der Waals surface area contributed by atoms with E-state index < -0.39 is 0 Å². The van der Waals surface area contributed by atoms with Crippen molar-refractivity contribution in [3.63, 3.8) is 0 Å². The molecule has 0 N–H and O–H groups in total. The van der Waals surface area contributed by atoms with E-state index in [1.54, 1.807) is 0 Å². The molecule has 0 aliphatic carbocycles. The summed E-state index contributed by atoms with van der Waals surface area (Å²) in [6.07, 6.45) is 5.98. The number of hydrogen-bond acceptors (Lipinski definition) is 2. The molecule has 0 bridgehead atoms. The van der Waals surface area contributed by atoms with Crippen LogP contribution in [0.5, 0.6) is 0 Å². The van der Waals surface area contributed by atoms with Gasteiger partial charge in [0, 0.05) is 13.1 Å². The first kappa shape index (κ1) is 11.9. The summed E-state index contributed by atoms with van der Waals surface area (Å²) in [5.74, 6) is 1.07. The number of piperidine rings is 2. The summed E-state index contributed by atoms with van der Waals surface area (Å²) in [5, 5.41) is 0. The molecule has 2 atom stereocenters. The molecule has 0 radical (unpaired) electrons. The van der Waals surface area contributed by atoms with Crippen LogP contribution in [0.2, 0.25) is 0 Å². The fourth-order valence-corrected chi connectivity index (χ4v) is 2.99. The van der Waals surface area contributed by atoms with Crippen molar-refractivity contribution in [2.75, 3.05) is 26.7 Å². The summed E-state index contributed by atoms with van der Waals surface area (Å²) in [7, 11) is 2.09. The first-order valence-corrected chi connectivity index (χ1v) is 6.67. The Kier molecular flexibility index (Phi) is 3.85.